The number of nitrogens with one attached hydrogen (secondary N) is 1. The van der Waals surface area contributed by atoms with Crippen molar-refractivity contribution in [1.82, 2.24) is 4.98 Å². The molecule has 0 radical (unpaired) electrons. The molecule has 0 aliphatic carbocycles. The number of oxazole rings is 1. The number of amides is 1. The minimum atomic E-state index is -0.419. The van der Waals surface area contributed by atoms with E-state index in [0.717, 1.165) is 59.9 Å². The summed E-state index contributed by atoms with van der Waals surface area (Å²) >= 11 is 3.55. The summed E-state index contributed by atoms with van der Waals surface area (Å²) in [4.78, 5) is 30.8. The predicted octanol–water partition coefficient (Wildman–Crippen LogP) is 6.97. The van der Waals surface area contributed by atoms with E-state index in [4.69, 9.17) is 4.42 Å². The van der Waals surface area contributed by atoms with Gasteiger partial charge in [-0.2, -0.15) is 0 Å². The molecule has 184 valence electrons. The van der Waals surface area contributed by atoms with Gasteiger partial charge in [0.05, 0.1) is 9.40 Å². The van der Waals surface area contributed by atoms with Crippen LogP contribution in [0.15, 0.2) is 63.5 Å². The number of piperidine rings is 1. The van der Waals surface area contributed by atoms with Crippen molar-refractivity contribution in [2.45, 2.75) is 32.6 Å². The third kappa shape index (κ3) is 4.83. The summed E-state index contributed by atoms with van der Waals surface area (Å²) in [5.74, 6) is 0.0784. The highest BCUT2D eigenvalue weighted by Crippen LogP contribution is 2.33. The van der Waals surface area contributed by atoms with Gasteiger partial charge >= 0.3 is 0 Å². The summed E-state index contributed by atoms with van der Waals surface area (Å²) in [7, 11) is 0. The molecule has 0 unspecified atom stereocenters. The second-order valence-electron chi connectivity index (χ2n) is 8.84. The quantitative estimate of drug-likeness (QED) is 0.206. The van der Waals surface area contributed by atoms with Gasteiger partial charge in [-0.3, -0.25) is 14.9 Å². The van der Waals surface area contributed by atoms with Gasteiger partial charge < -0.3 is 14.6 Å². The zero-order valence-corrected chi connectivity index (χ0v) is 21.4. The van der Waals surface area contributed by atoms with Crippen LogP contribution in [-0.4, -0.2) is 28.9 Å². The van der Waals surface area contributed by atoms with Crippen molar-refractivity contribution >= 4 is 50.0 Å². The fourth-order valence-corrected chi connectivity index (χ4v) is 5.06. The van der Waals surface area contributed by atoms with Gasteiger partial charge in [0.15, 0.2) is 5.58 Å². The molecule has 36 heavy (non-hydrogen) atoms. The highest BCUT2D eigenvalue weighted by atomic mass is 79.9. The van der Waals surface area contributed by atoms with Crippen LogP contribution < -0.4 is 10.2 Å². The summed E-state index contributed by atoms with van der Waals surface area (Å²) in [5, 5.41) is 14.5. The first kappa shape index (κ1) is 24.0. The van der Waals surface area contributed by atoms with E-state index in [1.54, 1.807) is 24.3 Å². The molecule has 0 atom stereocenters. The molecule has 0 spiro atoms. The number of aryl methyl sites for hydroxylation is 1. The lowest BCUT2D eigenvalue weighted by Gasteiger charge is -2.28. The van der Waals surface area contributed by atoms with Crippen molar-refractivity contribution in [2.24, 2.45) is 0 Å². The van der Waals surface area contributed by atoms with Gasteiger partial charge in [0, 0.05) is 36.0 Å². The van der Waals surface area contributed by atoms with Gasteiger partial charge in [-0.1, -0.05) is 6.92 Å². The lowest BCUT2D eigenvalue weighted by molar-refractivity contribution is -0.384. The molecular weight excluding hydrogens is 524 g/mol. The fraction of sp³-hybridized carbons (Fsp3) is 0.259. The van der Waals surface area contributed by atoms with Crippen LogP contribution in [0.1, 0.15) is 42.1 Å². The first-order valence-corrected chi connectivity index (χ1v) is 12.8. The molecule has 2 heterocycles. The Morgan fingerprint density at radius 2 is 1.86 bits per heavy atom. The molecule has 9 heteroatoms. The van der Waals surface area contributed by atoms with Crippen molar-refractivity contribution in [2.75, 3.05) is 23.3 Å². The molecule has 0 bridgehead atoms. The molecule has 1 aliphatic heterocycles. The second kappa shape index (κ2) is 10.1. The first-order valence-electron chi connectivity index (χ1n) is 12.0. The number of nitrogens with zero attached hydrogens (tertiary/aromatic N) is 3. The second-order valence-corrected chi connectivity index (χ2v) is 9.69. The van der Waals surface area contributed by atoms with Crippen molar-refractivity contribution in [1.29, 1.82) is 0 Å². The number of nitro groups is 1. The Labute approximate surface area is 216 Å². The number of halogens is 1. The van der Waals surface area contributed by atoms with Crippen molar-refractivity contribution < 1.29 is 14.1 Å². The smallest absolute Gasteiger partial charge is 0.293 e. The predicted molar refractivity (Wildman–Crippen MR) is 144 cm³/mol. The van der Waals surface area contributed by atoms with Crippen molar-refractivity contribution in [3.63, 3.8) is 0 Å². The normalized spacial score (nSPS) is 13.7. The number of nitro benzene ring substituents is 1. The van der Waals surface area contributed by atoms with Gasteiger partial charge in [-0.05, 0) is 95.7 Å². The Kier molecular flexibility index (Phi) is 6.73. The number of carbonyl (C=O) groups excluding carboxylic acids is 1. The molecule has 1 amide bonds. The number of aromatic nitrogens is 1. The summed E-state index contributed by atoms with van der Waals surface area (Å²) in [6.45, 7) is 3.66. The van der Waals surface area contributed by atoms with E-state index in [2.05, 4.69) is 33.2 Å². The minimum absolute atomic E-state index is 0.0479. The summed E-state index contributed by atoms with van der Waals surface area (Å²) < 4.78 is 6.82. The van der Waals surface area contributed by atoms with Crippen LogP contribution in [0.2, 0.25) is 0 Å². The van der Waals surface area contributed by atoms with Crippen LogP contribution in [0.5, 0.6) is 0 Å². The third-order valence-electron chi connectivity index (χ3n) is 6.43. The summed E-state index contributed by atoms with van der Waals surface area (Å²) in [6.07, 6.45) is 4.05. The molecule has 1 aliphatic rings. The van der Waals surface area contributed by atoms with Crippen LogP contribution in [0.25, 0.3) is 22.6 Å². The Bertz CT molecular complexity index is 1440. The molecule has 3 aromatic carbocycles. The highest BCUT2D eigenvalue weighted by molar-refractivity contribution is 9.10. The zero-order valence-electron chi connectivity index (χ0n) is 19.8. The van der Waals surface area contributed by atoms with E-state index < -0.39 is 10.8 Å². The van der Waals surface area contributed by atoms with E-state index >= 15 is 0 Å². The summed E-state index contributed by atoms with van der Waals surface area (Å²) in [6, 6.07) is 15.9. The summed E-state index contributed by atoms with van der Waals surface area (Å²) in [5.41, 5.74) is 4.73. The van der Waals surface area contributed by atoms with Crippen LogP contribution in [0, 0.1) is 10.1 Å². The van der Waals surface area contributed by atoms with E-state index in [1.807, 2.05) is 29.2 Å². The molecule has 0 saturated carbocycles. The van der Waals surface area contributed by atoms with Crippen LogP contribution in [0.4, 0.5) is 17.1 Å². The molecule has 1 aromatic heterocycles. The average molecular weight is 549 g/mol. The molecule has 1 N–H and O–H groups in total. The average Bonchev–Trinajstić information content (AvgIpc) is 3.34. The van der Waals surface area contributed by atoms with Crippen molar-refractivity contribution in [3.8, 4) is 11.5 Å². The van der Waals surface area contributed by atoms with Gasteiger partial charge in [-0.15, -0.1) is 0 Å². The van der Waals surface area contributed by atoms with Crippen LogP contribution in [-0.2, 0) is 6.42 Å². The highest BCUT2D eigenvalue weighted by Gasteiger charge is 2.23. The van der Waals surface area contributed by atoms with E-state index in [0.29, 0.717) is 22.8 Å². The number of anilines is 2. The number of hydrogen-bond acceptors (Lipinski definition) is 6. The van der Waals surface area contributed by atoms with E-state index in [-0.39, 0.29) is 11.3 Å². The van der Waals surface area contributed by atoms with E-state index in [9.17, 15) is 14.9 Å². The van der Waals surface area contributed by atoms with E-state index in [1.165, 1.54) is 6.07 Å². The fourth-order valence-electron chi connectivity index (χ4n) is 4.49. The topological polar surface area (TPSA) is 102 Å². The lowest BCUT2D eigenvalue weighted by Crippen LogP contribution is -2.30. The van der Waals surface area contributed by atoms with Crippen LogP contribution in [0.3, 0.4) is 0 Å². The Balaban J connectivity index is 1.34. The van der Waals surface area contributed by atoms with Crippen molar-refractivity contribution in [3.05, 3.63) is 80.3 Å². The molecular formula is C27H25BrN4O4. The van der Waals surface area contributed by atoms with Crippen LogP contribution >= 0.6 is 15.9 Å². The van der Waals surface area contributed by atoms with Gasteiger partial charge in [0.1, 0.15) is 11.2 Å². The molecule has 1 fully saturated rings. The monoisotopic (exact) mass is 548 g/mol. The maximum absolute atomic E-state index is 12.9. The first-order chi connectivity index (χ1) is 17.4. The lowest BCUT2D eigenvalue weighted by atomic mass is 10.1. The largest absolute Gasteiger partial charge is 0.435 e. The number of hydrogen-bond donors (Lipinski definition) is 1. The number of fused-ring (bicyclic) bond motifs is 1. The van der Waals surface area contributed by atoms with Gasteiger partial charge in [0.2, 0.25) is 5.89 Å². The molecule has 5 rings (SSSR count). The van der Waals surface area contributed by atoms with Gasteiger partial charge in [0.25, 0.3) is 11.6 Å². The third-order valence-corrected chi connectivity index (χ3v) is 7.02. The zero-order chi connectivity index (χ0) is 25.2. The molecule has 8 nitrogen and oxygen atoms in total. The van der Waals surface area contributed by atoms with Gasteiger partial charge in [-0.25, -0.2) is 4.98 Å². The number of carbonyl (C=O) groups is 1. The number of rotatable bonds is 6. The minimum Gasteiger partial charge on any atom is -0.435 e. The maximum atomic E-state index is 12.9. The SMILES string of the molecule is CCc1cc(Br)c2oc(-c3ccc(NC(=O)c4ccc(N5CCCCC5)c([N+](=O)[O-])c4)cc3)nc2c1. The number of benzene rings is 3. The molecule has 1 saturated heterocycles. The maximum Gasteiger partial charge on any atom is 0.293 e. The Morgan fingerprint density at radius 1 is 1.11 bits per heavy atom. The molecule has 4 aromatic rings. The standard InChI is InChI=1S/C27H25BrN4O4/c1-2-17-14-21(28)25-22(15-17)30-27(36-25)18-6-9-20(10-7-18)29-26(33)19-8-11-23(24(16-19)32(34)35)31-12-4-3-5-13-31/h6-11,14-16H,2-5,12-13H2,1H3,(H,29,33). The Morgan fingerprint density at radius 3 is 2.56 bits per heavy atom. The Hall–Kier alpha value is -3.72.